The van der Waals surface area contributed by atoms with Gasteiger partial charge in [-0.1, -0.05) is 25.4 Å². The number of nitriles is 1. The molecule has 0 fully saturated rings. The number of ether oxygens (including phenoxy) is 1. The quantitative estimate of drug-likeness (QED) is 0.875. The summed E-state index contributed by atoms with van der Waals surface area (Å²) in [5.41, 5.74) is 1.35. The lowest BCUT2D eigenvalue weighted by molar-refractivity contribution is 0.171. The summed E-state index contributed by atoms with van der Waals surface area (Å²) in [4.78, 5) is 0. The molecule has 1 atom stereocenters. The van der Waals surface area contributed by atoms with Crippen molar-refractivity contribution in [3.05, 3.63) is 28.8 Å². The molecule has 1 N–H and O–H groups in total. The van der Waals surface area contributed by atoms with E-state index in [9.17, 15) is 0 Å². The molecule has 0 bridgehead atoms. The first-order chi connectivity index (χ1) is 8.08. The van der Waals surface area contributed by atoms with E-state index in [0.29, 0.717) is 23.1 Å². The van der Waals surface area contributed by atoms with Gasteiger partial charge >= 0.3 is 0 Å². The standard InChI is InChI=1S/C13H17ClN2O/c1-9(2)13(8-17-3)16-12-6-11(14)5-4-10(12)7-15/h4-6,9,13,16H,8H2,1-3H3. The van der Waals surface area contributed by atoms with E-state index >= 15 is 0 Å². The number of anilines is 1. The zero-order valence-electron chi connectivity index (χ0n) is 10.3. The van der Waals surface area contributed by atoms with Crippen LogP contribution >= 0.6 is 11.6 Å². The van der Waals surface area contributed by atoms with E-state index in [2.05, 4.69) is 25.2 Å². The van der Waals surface area contributed by atoms with Crippen molar-refractivity contribution in [3.8, 4) is 6.07 Å². The summed E-state index contributed by atoms with van der Waals surface area (Å²) in [7, 11) is 1.67. The van der Waals surface area contributed by atoms with E-state index in [4.69, 9.17) is 21.6 Å². The predicted molar refractivity (Wildman–Crippen MR) is 70.3 cm³/mol. The van der Waals surface area contributed by atoms with Gasteiger partial charge in [0.2, 0.25) is 0 Å². The Morgan fingerprint density at radius 1 is 1.47 bits per heavy atom. The Hall–Kier alpha value is -1.24. The highest BCUT2D eigenvalue weighted by atomic mass is 35.5. The molecule has 1 aromatic rings. The van der Waals surface area contributed by atoms with Crippen LogP contribution in [0.15, 0.2) is 18.2 Å². The van der Waals surface area contributed by atoms with Gasteiger partial charge in [-0.25, -0.2) is 0 Å². The molecule has 0 aliphatic carbocycles. The summed E-state index contributed by atoms with van der Waals surface area (Å²) in [6.07, 6.45) is 0. The second kappa shape index (κ2) is 6.48. The highest BCUT2D eigenvalue weighted by Crippen LogP contribution is 2.22. The summed E-state index contributed by atoms with van der Waals surface area (Å²) >= 11 is 5.93. The summed E-state index contributed by atoms with van der Waals surface area (Å²) < 4.78 is 5.16. The average Bonchev–Trinajstić information content (AvgIpc) is 2.28. The van der Waals surface area contributed by atoms with Crippen molar-refractivity contribution < 1.29 is 4.74 Å². The van der Waals surface area contributed by atoms with Crippen molar-refractivity contribution in [2.24, 2.45) is 5.92 Å². The number of nitrogens with zero attached hydrogens (tertiary/aromatic N) is 1. The number of nitrogens with one attached hydrogen (secondary N) is 1. The van der Waals surface area contributed by atoms with Gasteiger partial charge in [-0.2, -0.15) is 5.26 Å². The van der Waals surface area contributed by atoms with Crippen molar-refractivity contribution in [1.82, 2.24) is 0 Å². The van der Waals surface area contributed by atoms with Gasteiger partial charge in [0.25, 0.3) is 0 Å². The van der Waals surface area contributed by atoms with E-state index in [-0.39, 0.29) is 6.04 Å². The Labute approximate surface area is 107 Å². The summed E-state index contributed by atoms with van der Waals surface area (Å²) in [5, 5.41) is 13.0. The summed E-state index contributed by atoms with van der Waals surface area (Å²) in [5.74, 6) is 0.403. The van der Waals surface area contributed by atoms with Gasteiger partial charge in [0.05, 0.1) is 23.9 Å². The zero-order chi connectivity index (χ0) is 12.8. The molecule has 0 aliphatic rings. The lowest BCUT2D eigenvalue weighted by atomic mass is 10.0. The normalized spacial score (nSPS) is 12.2. The van der Waals surface area contributed by atoms with Crippen LogP contribution in [0.4, 0.5) is 5.69 Å². The van der Waals surface area contributed by atoms with Gasteiger partial charge in [-0.3, -0.25) is 0 Å². The number of halogens is 1. The third-order valence-corrected chi connectivity index (χ3v) is 2.83. The Bertz CT molecular complexity index is 412. The molecule has 0 amide bonds. The monoisotopic (exact) mass is 252 g/mol. The van der Waals surface area contributed by atoms with Gasteiger partial charge in [0.1, 0.15) is 6.07 Å². The Morgan fingerprint density at radius 3 is 2.71 bits per heavy atom. The molecule has 0 heterocycles. The highest BCUT2D eigenvalue weighted by Gasteiger charge is 2.14. The average molecular weight is 253 g/mol. The molecule has 3 nitrogen and oxygen atoms in total. The smallest absolute Gasteiger partial charge is 0.101 e. The number of hydrogen-bond acceptors (Lipinski definition) is 3. The first-order valence-corrected chi connectivity index (χ1v) is 5.91. The van der Waals surface area contributed by atoms with Crippen molar-refractivity contribution in [1.29, 1.82) is 5.26 Å². The minimum absolute atomic E-state index is 0.158. The third kappa shape index (κ3) is 3.92. The fourth-order valence-electron chi connectivity index (χ4n) is 1.51. The predicted octanol–water partition coefficient (Wildman–Crippen LogP) is 3.29. The van der Waals surface area contributed by atoms with Crippen LogP contribution < -0.4 is 5.32 Å². The van der Waals surface area contributed by atoms with Crippen molar-refractivity contribution >= 4 is 17.3 Å². The second-order valence-corrected chi connectivity index (χ2v) is 4.69. The summed E-state index contributed by atoms with van der Waals surface area (Å²) in [6, 6.07) is 7.51. The Balaban J connectivity index is 2.92. The number of methoxy groups -OCH3 is 1. The lowest BCUT2D eigenvalue weighted by Crippen LogP contribution is -2.30. The molecule has 0 aromatic heterocycles. The van der Waals surface area contributed by atoms with Crippen LogP contribution in [0.5, 0.6) is 0 Å². The molecule has 0 radical (unpaired) electrons. The molecule has 0 spiro atoms. The molecular formula is C13H17ClN2O. The first kappa shape index (κ1) is 13.8. The van der Waals surface area contributed by atoms with Crippen LogP contribution in [0.25, 0.3) is 0 Å². The van der Waals surface area contributed by atoms with Crippen molar-refractivity contribution in [2.45, 2.75) is 19.9 Å². The van der Waals surface area contributed by atoms with Crippen molar-refractivity contribution in [3.63, 3.8) is 0 Å². The van der Waals surface area contributed by atoms with Crippen LogP contribution in [0, 0.1) is 17.2 Å². The second-order valence-electron chi connectivity index (χ2n) is 4.25. The Morgan fingerprint density at radius 2 is 2.18 bits per heavy atom. The lowest BCUT2D eigenvalue weighted by Gasteiger charge is -2.23. The molecule has 1 unspecified atom stereocenters. The maximum atomic E-state index is 9.03. The van der Waals surface area contributed by atoms with Gasteiger partial charge in [0, 0.05) is 12.1 Å². The molecule has 17 heavy (non-hydrogen) atoms. The SMILES string of the molecule is COCC(Nc1cc(Cl)ccc1C#N)C(C)C. The van der Waals surface area contributed by atoms with Crippen molar-refractivity contribution in [2.75, 3.05) is 19.0 Å². The highest BCUT2D eigenvalue weighted by molar-refractivity contribution is 6.30. The molecule has 92 valence electrons. The van der Waals surface area contributed by atoms with Gasteiger partial charge in [-0.15, -0.1) is 0 Å². The van der Waals surface area contributed by atoms with Crippen LogP contribution in [0.2, 0.25) is 5.02 Å². The van der Waals surface area contributed by atoms with E-state index < -0.39 is 0 Å². The molecule has 0 saturated heterocycles. The molecule has 0 aliphatic heterocycles. The van der Waals surface area contributed by atoms with Crippen LogP contribution in [0.3, 0.4) is 0 Å². The fraction of sp³-hybridized carbons (Fsp3) is 0.462. The minimum Gasteiger partial charge on any atom is -0.383 e. The first-order valence-electron chi connectivity index (χ1n) is 5.53. The number of rotatable bonds is 5. The molecule has 0 saturated carbocycles. The van der Waals surface area contributed by atoms with Crippen LogP contribution in [-0.2, 0) is 4.74 Å². The Kier molecular flexibility index (Phi) is 5.27. The minimum atomic E-state index is 0.158. The largest absolute Gasteiger partial charge is 0.383 e. The van der Waals surface area contributed by atoms with Crippen LogP contribution in [-0.4, -0.2) is 19.8 Å². The fourth-order valence-corrected chi connectivity index (χ4v) is 1.69. The third-order valence-electron chi connectivity index (χ3n) is 2.59. The van der Waals surface area contributed by atoms with Gasteiger partial charge in [0.15, 0.2) is 0 Å². The van der Waals surface area contributed by atoms with Gasteiger partial charge in [-0.05, 0) is 24.1 Å². The number of benzene rings is 1. The number of hydrogen-bond donors (Lipinski definition) is 1. The summed E-state index contributed by atoms with van der Waals surface area (Å²) in [6.45, 7) is 4.80. The topological polar surface area (TPSA) is 45.0 Å². The van der Waals surface area contributed by atoms with Gasteiger partial charge < -0.3 is 10.1 Å². The van der Waals surface area contributed by atoms with E-state index in [1.165, 1.54) is 0 Å². The molecule has 1 rings (SSSR count). The molecule has 4 heteroatoms. The van der Waals surface area contributed by atoms with E-state index in [1.54, 1.807) is 25.3 Å². The van der Waals surface area contributed by atoms with E-state index in [0.717, 1.165) is 5.69 Å². The molecule has 1 aromatic carbocycles. The molecular weight excluding hydrogens is 236 g/mol. The maximum Gasteiger partial charge on any atom is 0.101 e. The van der Waals surface area contributed by atoms with E-state index in [1.807, 2.05) is 0 Å². The maximum absolute atomic E-state index is 9.03. The zero-order valence-corrected chi connectivity index (χ0v) is 11.1. The van der Waals surface area contributed by atoms with Crippen LogP contribution in [0.1, 0.15) is 19.4 Å².